The molecule has 3 unspecified atom stereocenters. The fourth-order valence-electron chi connectivity index (χ4n) is 6.23. The fraction of sp³-hybridized carbons (Fsp3) is 0.514. The van der Waals surface area contributed by atoms with Gasteiger partial charge in [-0.2, -0.15) is 0 Å². The van der Waals surface area contributed by atoms with Gasteiger partial charge in [-0.1, -0.05) is 82.0 Å². The second-order valence-electron chi connectivity index (χ2n) is 12.2. The summed E-state index contributed by atoms with van der Waals surface area (Å²) in [6.07, 6.45) is 15.5. The van der Waals surface area contributed by atoms with E-state index in [0.29, 0.717) is 16.2 Å². The summed E-state index contributed by atoms with van der Waals surface area (Å²) in [5.41, 5.74) is 1.14. The Balaban J connectivity index is 1.61. The Morgan fingerprint density at radius 1 is 1.15 bits per heavy atom. The van der Waals surface area contributed by atoms with Crippen LogP contribution in [0.2, 0.25) is 0 Å². The predicted octanol–water partition coefficient (Wildman–Crippen LogP) is 5.51. The van der Waals surface area contributed by atoms with Crippen LogP contribution in [0.5, 0.6) is 5.75 Å². The number of aliphatic carboxylic acids is 1. The summed E-state index contributed by atoms with van der Waals surface area (Å²) in [4.78, 5) is 41.0. The van der Waals surface area contributed by atoms with Gasteiger partial charge in [0.15, 0.2) is 6.61 Å². The third kappa shape index (κ3) is 9.91. The van der Waals surface area contributed by atoms with Crippen LogP contribution in [0.1, 0.15) is 83.2 Å². The van der Waals surface area contributed by atoms with Crippen molar-refractivity contribution in [3.05, 3.63) is 60.2 Å². The highest BCUT2D eigenvalue weighted by Crippen LogP contribution is 2.43. The number of hydrogen-bond donors (Lipinski definition) is 4. The first kappa shape index (κ1) is 36.6. The predicted molar refractivity (Wildman–Crippen MR) is 187 cm³/mol. The van der Waals surface area contributed by atoms with E-state index >= 15 is 0 Å². The number of nitrogens with zero attached hydrogens (tertiary/aromatic N) is 1. The number of ether oxygens (including phenoxy) is 1. The zero-order chi connectivity index (χ0) is 33.8. The van der Waals surface area contributed by atoms with Crippen molar-refractivity contribution < 1.29 is 28.8 Å². The molecule has 0 saturated carbocycles. The molecule has 0 saturated heterocycles. The number of carbonyl (C=O) groups is 3. The van der Waals surface area contributed by atoms with Crippen LogP contribution in [0, 0.1) is 0 Å². The van der Waals surface area contributed by atoms with Gasteiger partial charge >= 0.3 is 5.97 Å². The monoisotopic (exact) mass is 684 g/mol. The smallest absolute Gasteiger partial charge is 0.322 e. The summed E-state index contributed by atoms with van der Waals surface area (Å²) in [5, 5.41) is 14.0. The van der Waals surface area contributed by atoms with E-state index in [-0.39, 0.29) is 11.6 Å². The second-order valence-corrected chi connectivity index (χ2v) is 14.2. The molecule has 0 radical (unpaired) electrons. The van der Waals surface area contributed by atoms with E-state index in [1.54, 1.807) is 36.4 Å². The number of fused-ring (bicyclic) bond motifs is 1. The van der Waals surface area contributed by atoms with Gasteiger partial charge in [0.25, 0.3) is 5.91 Å². The minimum Gasteiger partial charge on any atom is -0.593 e. The molecule has 0 bridgehead atoms. The molecule has 12 heteroatoms. The lowest BCUT2D eigenvalue weighted by atomic mass is 9.86. The van der Waals surface area contributed by atoms with Crippen LogP contribution in [-0.4, -0.2) is 65.0 Å². The third-order valence-corrected chi connectivity index (χ3v) is 10.8. The lowest BCUT2D eigenvalue weighted by molar-refractivity contribution is -0.138. The lowest BCUT2D eigenvalue weighted by Crippen LogP contribution is -2.55. The summed E-state index contributed by atoms with van der Waals surface area (Å²) in [6.45, 7) is 4.18. The number of anilines is 1. The van der Waals surface area contributed by atoms with E-state index in [1.165, 1.54) is 11.8 Å². The minimum atomic E-state index is -1.52. The highest BCUT2D eigenvalue weighted by atomic mass is 32.2. The van der Waals surface area contributed by atoms with Crippen LogP contribution in [0.15, 0.2) is 64.4 Å². The van der Waals surface area contributed by atoms with Crippen LogP contribution < -0.4 is 25.0 Å². The highest BCUT2D eigenvalue weighted by molar-refractivity contribution is 7.98. The molecule has 4 rings (SSSR count). The van der Waals surface area contributed by atoms with Crippen LogP contribution in [-0.2, 0) is 25.7 Å². The molecule has 0 spiro atoms. The van der Waals surface area contributed by atoms with Gasteiger partial charge in [-0.05, 0) is 50.0 Å². The third-order valence-electron chi connectivity index (χ3n) is 8.71. The first-order valence-corrected chi connectivity index (χ1v) is 18.9. The van der Waals surface area contributed by atoms with E-state index < -0.39 is 48.3 Å². The average Bonchev–Trinajstić information content (AvgIpc) is 3.20. The maximum Gasteiger partial charge on any atom is 0.322 e. The quantitative estimate of drug-likeness (QED) is 0.102. The molecule has 1 aliphatic carbocycles. The Labute approximate surface area is 285 Å². The van der Waals surface area contributed by atoms with Gasteiger partial charge in [0.1, 0.15) is 18.3 Å². The van der Waals surface area contributed by atoms with Gasteiger partial charge in [0, 0.05) is 18.7 Å². The number of rotatable bonds is 16. The van der Waals surface area contributed by atoms with Gasteiger partial charge in [0.2, 0.25) is 10.8 Å². The van der Waals surface area contributed by atoms with Crippen molar-refractivity contribution in [3.63, 3.8) is 0 Å². The van der Waals surface area contributed by atoms with Crippen molar-refractivity contribution in [2.45, 2.75) is 99.0 Å². The Hall–Kier alpha value is -3.19. The average molecular weight is 685 g/mol. The Morgan fingerprint density at radius 2 is 1.87 bits per heavy atom. The molecule has 256 valence electrons. The molecule has 2 aliphatic rings. The zero-order valence-electron chi connectivity index (χ0n) is 27.6. The summed E-state index contributed by atoms with van der Waals surface area (Å²) < 4.78 is 23.8. The molecule has 2 amide bonds. The van der Waals surface area contributed by atoms with Gasteiger partial charge < -0.3 is 29.9 Å². The zero-order valence-corrected chi connectivity index (χ0v) is 29.2. The largest absolute Gasteiger partial charge is 0.593 e. The standard InChI is InChI=1S/C35H48N4O6S2/c1-4-6-18-35(19-7-5-2)24-39(26-16-12-9-13-17-26)27-20-29(46-3)28(21-30(27)47(44)38-35)45-23-31(40)37-33(25-14-10-8-11-15-25)34(43)36-22-32(41)42/h8-12,14-15,20-21,26,33,38H,4-7,13,16-19,22-24H2,1-3H3,(H,36,43)(H,37,40)(H,41,42). The topological polar surface area (TPSA) is 143 Å². The van der Waals surface area contributed by atoms with E-state index in [9.17, 15) is 18.9 Å². The van der Waals surface area contributed by atoms with Crippen LogP contribution in [0.25, 0.3) is 0 Å². The first-order chi connectivity index (χ1) is 22.7. The Bertz CT molecular complexity index is 1380. The number of unbranched alkanes of at least 4 members (excludes halogenated alkanes) is 2. The molecule has 1 heterocycles. The van der Waals surface area contributed by atoms with Crippen molar-refractivity contribution >= 4 is 46.6 Å². The van der Waals surface area contributed by atoms with Crippen molar-refractivity contribution in [3.8, 4) is 5.75 Å². The number of amides is 2. The summed E-state index contributed by atoms with van der Waals surface area (Å²) in [5.74, 6) is -1.95. The molecule has 0 fully saturated rings. The maximum atomic E-state index is 14.2. The van der Waals surface area contributed by atoms with Gasteiger partial charge in [0.05, 0.1) is 27.5 Å². The summed E-state index contributed by atoms with van der Waals surface area (Å²) in [7, 11) is 0. The lowest BCUT2D eigenvalue weighted by Gasteiger charge is -2.40. The van der Waals surface area contributed by atoms with Gasteiger partial charge in [-0.15, -0.1) is 16.5 Å². The number of benzene rings is 2. The van der Waals surface area contributed by atoms with Crippen LogP contribution in [0.3, 0.4) is 0 Å². The fourth-order valence-corrected chi connectivity index (χ4v) is 8.13. The number of nitrogens with one attached hydrogen (secondary N) is 3. The molecule has 3 atom stereocenters. The molecule has 2 aromatic carbocycles. The first-order valence-electron chi connectivity index (χ1n) is 16.5. The number of carbonyl (C=O) groups excluding carboxylic acids is 2. The number of carboxylic acids is 1. The maximum absolute atomic E-state index is 14.2. The van der Waals surface area contributed by atoms with E-state index in [2.05, 4.69) is 46.3 Å². The second kappa shape index (κ2) is 17.8. The van der Waals surface area contributed by atoms with Crippen molar-refractivity contribution in [2.24, 2.45) is 0 Å². The van der Waals surface area contributed by atoms with E-state index in [4.69, 9.17) is 9.84 Å². The Morgan fingerprint density at radius 3 is 2.49 bits per heavy atom. The molecular weight excluding hydrogens is 637 g/mol. The van der Waals surface area contributed by atoms with Crippen LogP contribution >= 0.6 is 11.8 Å². The van der Waals surface area contributed by atoms with Crippen molar-refractivity contribution in [2.75, 3.05) is 30.9 Å². The van der Waals surface area contributed by atoms with E-state index in [1.807, 2.05) is 12.3 Å². The number of hydrogen-bond acceptors (Lipinski definition) is 8. The molecular formula is C35H48N4O6S2. The van der Waals surface area contributed by atoms with Gasteiger partial charge in [-0.25, -0.2) is 0 Å². The molecule has 4 N–H and O–H groups in total. The van der Waals surface area contributed by atoms with Gasteiger partial charge in [-0.3, -0.25) is 14.4 Å². The molecule has 0 aromatic heterocycles. The van der Waals surface area contributed by atoms with Crippen LogP contribution in [0.4, 0.5) is 5.69 Å². The normalized spacial score (nSPS) is 19.3. The summed E-state index contributed by atoms with van der Waals surface area (Å²) in [6, 6.07) is 11.6. The summed E-state index contributed by atoms with van der Waals surface area (Å²) >= 11 is -0.0229. The Kier molecular flexibility index (Phi) is 13.9. The number of carboxylic acid groups (broad SMARTS) is 1. The molecule has 47 heavy (non-hydrogen) atoms. The van der Waals surface area contributed by atoms with Crippen molar-refractivity contribution in [1.29, 1.82) is 0 Å². The SMILES string of the molecule is CCCCC1(CCCC)CN(C2CC=CCC2)c2cc(SC)c(OCC(=O)NC(C(=O)NCC(=O)O)c3ccccc3)cc2[S+]([O-])N1. The van der Waals surface area contributed by atoms with Crippen molar-refractivity contribution in [1.82, 2.24) is 15.4 Å². The number of thioether (sulfide) groups is 1. The number of allylic oxidation sites excluding steroid dienone is 1. The molecule has 10 nitrogen and oxygen atoms in total. The minimum absolute atomic E-state index is 0.285. The molecule has 2 aromatic rings. The highest BCUT2D eigenvalue weighted by Gasteiger charge is 2.43. The van der Waals surface area contributed by atoms with E-state index in [0.717, 1.165) is 74.9 Å². The molecule has 1 aliphatic heterocycles.